The van der Waals surface area contributed by atoms with E-state index in [1.54, 1.807) is 6.07 Å². The van der Waals surface area contributed by atoms with Crippen molar-refractivity contribution in [1.82, 2.24) is 4.72 Å². The molecule has 0 saturated heterocycles. The Bertz CT molecular complexity index is 548. The highest BCUT2D eigenvalue weighted by atomic mass is 32.2. The second-order valence-electron chi connectivity index (χ2n) is 3.53. The molecule has 0 aliphatic rings. The van der Waals surface area contributed by atoms with Crippen molar-refractivity contribution in [2.75, 3.05) is 5.73 Å². The summed E-state index contributed by atoms with van der Waals surface area (Å²) in [4.78, 5) is 0. The molecule has 1 rings (SSSR count). The van der Waals surface area contributed by atoms with E-state index in [1.807, 2.05) is 0 Å². The highest BCUT2D eigenvalue weighted by Crippen LogP contribution is 2.19. The Morgan fingerprint density at radius 3 is 2.82 bits per heavy atom. The molecular formula is C10H13N3O3S. The summed E-state index contributed by atoms with van der Waals surface area (Å²) in [5, 5.41) is 16.9. The summed E-state index contributed by atoms with van der Waals surface area (Å²) in [6, 6.07) is 5.98. The van der Waals surface area contributed by atoms with E-state index in [0.717, 1.165) is 0 Å². The van der Waals surface area contributed by atoms with E-state index in [9.17, 15) is 13.5 Å². The molecule has 92 valence electrons. The quantitative estimate of drug-likeness (QED) is 0.528. The Balaban J connectivity index is 2.82. The molecule has 17 heavy (non-hydrogen) atoms. The summed E-state index contributed by atoms with van der Waals surface area (Å²) >= 11 is 0. The Labute approximate surface area is 99.7 Å². The van der Waals surface area contributed by atoms with Gasteiger partial charge in [-0.25, -0.2) is 13.1 Å². The van der Waals surface area contributed by atoms with Crippen LogP contribution in [0.5, 0.6) is 5.75 Å². The molecular weight excluding hydrogens is 242 g/mol. The van der Waals surface area contributed by atoms with Gasteiger partial charge in [-0.2, -0.15) is 5.26 Å². The number of nitrogens with two attached hydrogens (primary N) is 1. The van der Waals surface area contributed by atoms with Gasteiger partial charge in [0.05, 0.1) is 6.07 Å². The Morgan fingerprint density at radius 1 is 1.59 bits per heavy atom. The first-order valence-corrected chi connectivity index (χ1v) is 6.37. The number of rotatable bonds is 4. The molecule has 0 aliphatic heterocycles. The van der Waals surface area contributed by atoms with E-state index in [2.05, 4.69) is 4.72 Å². The number of phenolic OH excluding ortho intramolecular Hbond substituents is 1. The lowest BCUT2D eigenvalue weighted by atomic mass is 10.2. The van der Waals surface area contributed by atoms with Crippen molar-refractivity contribution in [1.29, 1.82) is 5.26 Å². The smallest absolute Gasteiger partial charge is 0.227 e. The number of nitrogen functional groups attached to an aromatic ring is 1. The van der Waals surface area contributed by atoms with Gasteiger partial charge in [-0.1, -0.05) is 0 Å². The molecule has 1 unspecified atom stereocenters. The molecule has 0 amide bonds. The molecule has 6 nitrogen and oxygen atoms in total. The largest absolute Gasteiger partial charge is 0.508 e. The van der Waals surface area contributed by atoms with Gasteiger partial charge in [0, 0.05) is 17.8 Å². The van der Waals surface area contributed by atoms with E-state index in [-0.39, 0.29) is 12.3 Å². The van der Waals surface area contributed by atoms with E-state index < -0.39 is 15.3 Å². The van der Waals surface area contributed by atoms with Crippen LogP contribution in [0.15, 0.2) is 18.2 Å². The Kier molecular flexibility index (Phi) is 3.93. The van der Waals surface area contributed by atoms with Gasteiger partial charge in [0.25, 0.3) is 0 Å². The lowest BCUT2D eigenvalue weighted by molar-refractivity contribution is 0.467. The number of benzene rings is 1. The predicted molar refractivity (Wildman–Crippen MR) is 63.4 cm³/mol. The molecule has 0 bridgehead atoms. The minimum absolute atomic E-state index is 0.0495. The fourth-order valence-corrected chi connectivity index (χ4v) is 1.87. The Hall–Kier alpha value is -1.78. The fourth-order valence-electron chi connectivity index (χ4n) is 1.12. The van der Waals surface area contributed by atoms with Crippen LogP contribution < -0.4 is 10.5 Å². The Morgan fingerprint density at radius 2 is 2.24 bits per heavy atom. The highest BCUT2D eigenvalue weighted by molar-refractivity contribution is 7.90. The van der Waals surface area contributed by atoms with Crippen molar-refractivity contribution >= 4 is 15.7 Å². The second kappa shape index (κ2) is 5.03. The number of sulfonamides is 1. The first-order valence-electron chi connectivity index (χ1n) is 4.82. The van der Waals surface area contributed by atoms with Crippen LogP contribution in [0.2, 0.25) is 0 Å². The SMILES string of the molecule is CC(C#N)S(=O)(=O)NCc1cc(N)ccc1O. The van der Waals surface area contributed by atoms with Crippen LogP contribution in [-0.2, 0) is 16.6 Å². The minimum Gasteiger partial charge on any atom is -0.508 e. The zero-order valence-electron chi connectivity index (χ0n) is 9.21. The van der Waals surface area contributed by atoms with Crippen molar-refractivity contribution in [3.05, 3.63) is 23.8 Å². The number of anilines is 1. The monoisotopic (exact) mass is 255 g/mol. The van der Waals surface area contributed by atoms with Gasteiger partial charge in [0.1, 0.15) is 5.75 Å². The summed E-state index contributed by atoms with van der Waals surface area (Å²) in [5.74, 6) is -0.0495. The lowest BCUT2D eigenvalue weighted by Gasteiger charge is -2.09. The maximum Gasteiger partial charge on any atom is 0.227 e. The third kappa shape index (κ3) is 3.34. The summed E-state index contributed by atoms with van der Waals surface area (Å²) in [6.07, 6.45) is 0. The molecule has 4 N–H and O–H groups in total. The van der Waals surface area contributed by atoms with Gasteiger partial charge in [-0.3, -0.25) is 0 Å². The normalized spacial score (nSPS) is 12.9. The summed E-state index contributed by atoms with van der Waals surface area (Å²) in [6.45, 7) is 1.17. The molecule has 1 aromatic carbocycles. The highest BCUT2D eigenvalue weighted by Gasteiger charge is 2.19. The molecule has 0 radical (unpaired) electrons. The maximum absolute atomic E-state index is 11.5. The van der Waals surface area contributed by atoms with E-state index in [4.69, 9.17) is 11.0 Å². The van der Waals surface area contributed by atoms with Crippen LogP contribution in [0.4, 0.5) is 5.69 Å². The van der Waals surface area contributed by atoms with E-state index in [1.165, 1.54) is 25.1 Å². The number of nitrogens with zero attached hydrogens (tertiary/aromatic N) is 1. The maximum atomic E-state index is 11.5. The van der Waals surface area contributed by atoms with Gasteiger partial charge in [0.2, 0.25) is 10.0 Å². The third-order valence-electron chi connectivity index (χ3n) is 2.21. The standard InChI is InChI=1S/C10H13N3O3S/c1-7(5-11)17(15,16)13-6-8-4-9(12)2-3-10(8)14/h2-4,7,13-14H,6,12H2,1H3. The molecule has 7 heteroatoms. The van der Waals surface area contributed by atoms with Crippen molar-refractivity contribution in [3.63, 3.8) is 0 Å². The predicted octanol–water partition coefficient (Wildman–Crippen LogP) is 0.306. The van der Waals surface area contributed by atoms with Crippen LogP contribution in [0.25, 0.3) is 0 Å². The topological polar surface area (TPSA) is 116 Å². The molecule has 0 aromatic heterocycles. The second-order valence-corrected chi connectivity index (χ2v) is 5.61. The van der Waals surface area contributed by atoms with Crippen molar-refractivity contribution in [2.24, 2.45) is 0 Å². The number of nitriles is 1. The van der Waals surface area contributed by atoms with Gasteiger partial charge >= 0.3 is 0 Å². The van der Waals surface area contributed by atoms with Crippen molar-refractivity contribution in [2.45, 2.75) is 18.7 Å². The molecule has 0 spiro atoms. The summed E-state index contributed by atoms with van der Waals surface area (Å²) in [7, 11) is -3.70. The van der Waals surface area contributed by atoms with Crippen LogP contribution in [0.3, 0.4) is 0 Å². The average molecular weight is 255 g/mol. The molecule has 1 aromatic rings. The number of hydrogen-bond donors (Lipinski definition) is 3. The van der Waals surface area contributed by atoms with Gasteiger partial charge in [-0.15, -0.1) is 0 Å². The van der Waals surface area contributed by atoms with Gasteiger partial charge in [0.15, 0.2) is 5.25 Å². The minimum atomic E-state index is -3.70. The fraction of sp³-hybridized carbons (Fsp3) is 0.300. The van der Waals surface area contributed by atoms with Crippen molar-refractivity contribution in [3.8, 4) is 11.8 Å². The molecule has 0 saturated carbocycles. The third-order valence-corrected chi connectivity index (χ3v) is 3.80. The molecule has 0 fully saturated rings. The number of hydrogen-bond acceptors (Lipinski definition) is 5. The van der Waals surface area contributed by atoms with E-state index in [0.29, 0.717) is 11.3 Å². The van der Waals surface area contributed by atoms with Crippen molar-refractivity contribution < 1.29 is 13.5 Å². The van der Waals surface area contributed by atoms with Gasteiger partial charge in [-0.05, 0) is 25.1 Å². The lowest BCUT2D eigenvalue weighted by Crippen LogP contribution is -2.31. The number of aromatic hydroxyl groups is 1. The van der Waals surface area contributed by atoms with Crippen LogP contribution in [0, 0.1) is 11.3 Å². The first-order chi connectivity index (χ1) is 7.86. The number of phenols is 1. The first kappa shape index (κ1) is 13.3. The molecule has 0 heterocycles. The average Bonchev–Trinajstić information content (AvgIpc) is 2.29. The summed E-state index contributed by atoms with van der Waals surface area (Å²) in [5.41, 5.74) is 6.29. The van der Waals surface area contributed by atoms with Crippen LogP contribution in [-0.4, -0.2) is 18.8 Å². The van der Waals surface area contributed by atoms with Crippen LogP contribution >= 0.6 is 0 Å². The molecule has 0 aliphatic carbocycles. The van der Waals surface area contributed by atoms with Gasteiger partial charge < -0.3 is 10.8 Å². The molecule has 1 atom stereocenters. The van der Waals surface area contributed by atoms with Crippen LogP contribution in [0.1, 0.15) is 12.5 Å². The zero-order valence-corrected chi connectivity index (χ0v) is 10.0. The number of nitrogens with one attached hydrogen (secondary N) is 1. The summed E-state index contributed by atoms with van der Waals surface area (Å²) < 4.78 is 25.2. The zero-order chi connectivity index (χ0) is 13.1. The van der Waals surface area contributed by atoms with E-state index >= 15 is 0 Å².